The molecule has 0 unspecified atom stereocenters. The molecule has 1 amide bonds. The average molecular weight is 524 g/mol. The van der Waals surface area contributed by atoms with Crippen LogP contribution in [-0.4, -0.2) is 67.2 Å². The molecule has 0 saturated carbocycles. The van der Waals surface area contributed by atoms with Crippen LogP contribution in [0.3, 0.4) is 0 Å². The topological polar surface area (TPSA) is 45.7 Å². The summed E-state index contributed by atoms with van der Waals surface area (Å²) in [7, 11) is 0. The molecular weight excluding hydrogens is 494 g/mol. The van der Waals surface area contributed by atoms with Crippen LogP contribution in [0, 0.1) is 0 Å². The SMILES string of the molecule is CSc1ccc2nc(N(CCN3CCOCC3)C(=O)CCCSc3ccccc3)sc2c1.Cl. The van der Waals surface area contributed by atoms with Crippen LogP contribution < -0.4 is 4.90 Å². The number of halogens is 1. The molecule has 178 valence electrons. The molecule has 1 fully saturated rings. The van der Waals surface area contributed by atoms with E-state index in [1.165, 1.54) is 9.79 Å². The predicted molar refractivity (Wildman–Crippen MR) is 145 cm³/mol. The van der Waals surface area contributed by atoms with Crippen LogP contribution in [0.4, 0.5) is 5.13 Å². The number of aromatic nitrogens is 1. The molecule has 3 aromatic rings. The van der Waals surface area contributed by atoms with Crippen molar-refractivity contribution in [1.82, 2.24) is 9.88 Å². The van der Waals surface area contributed by atoms with Gasteiger partial charge in [-0.25, -0.2) is 4.98 Å². The number of hydrogen-bond donors (Lipinski definition) is 0. The molecule has 1 aromatic heterocycles. The molecule has 33 heavy (non-hydrogen) atoms. The fourth-order valence-electron chi connectivity index (χ4n) is 3.59. The van der Waals surface area contributed by atoms with Gasteiger partial charge in [0.2, 0.25) is 5.91 Å². The second-order valence-electron chi connectivity index (χ2n) is 7.59. The number of anilines is 1. The van der Waals surface area contributed by atoms with E-state index in [1.807, 2.05) is 11.0 Å². The zero-order valence-corrected chi connectivity index (χ0v) is 22.0. The fourth-order valence-corrected chi connectivity index (χ4v) is 6.03. The number of thiazole rings is 1. The maximum atomic E-state index is 13.3. The molecule has 0 spiro atoms. The highest BCUT2D eigenvalue weighted by molar-refractivity contribution is 7.99. The van der Waals surface area contributed by atoms with Crippen molar-refractivity contribution < 1.29 is 9.53 Å². The van der Waals surface area contributed by atoms with E-state index in [4.69, 9.17) is 9.72 Å². The summed E-state index contributed by atoms with van der Waals surface area (Å²) in [5.41, 5.74) is 0.964. The third kappa shape index (κ3) is 7.60. The Morgan fingerprint density at radius 3 is 2.70 bits per heavy atom. The number of carbonyl (C=O) groups is 1. The summed E-state index contributed by atoms with van der Waals surface area (Å²) in [6.07, 6.45) is 3.47. The smallest absolute Gasteiger partial charge is 0.228 e. The minimum Gasteiger partial charge on any atom is -0.379 e. The van der Waals surface area contributed by atoms with Crippen molar-refractivity contribution in [2.75, 3.05) is 56.3 Å². The summed E-state index contributed by atoms with van der Waals surface area (Å²) in [5.74, 6) is 1.10. The zero-order chi connectivity index (χ0) is 22.2. The van der Waals surface area contributed by atoms with Crippen molar-refractivity contribution in [3.63, 3.8) is 0 Å². The molecule has 0 bridgehead atoms. The number of amides is 1. The van der Waals surface area contributed by atoms with E-state index in [9.17, 15) is 4.79 Å². The van der Waals surface area contributed by atoms with Gasteiger partial charge < -0.3 is 4.74 Å². The normalized spacial score (nSPS) is 14.2. The average Bonchev–Trinajstić information content (AvgIpc) is 3.26. The Labute approximate surface area is 214 Å². The highest BCUT2D eigenvalue weighted by Crippen LogP contribution is 2.32. The van der Waals surface area contributed by atoms with Crippen molar-refractivity contribution in [1.29, 1.82) is 0 Å². The Morgan fingerprint density at radius 2 is 1.94 bits per heavy atom. The van der Waals surface area contributed by atoms with Gasteiger partial charge in [0.25, 0.3) is 0 Å². The number of fused-ring (bicyclic) bond motifs is 1. The van der Waals surface area contributed by atoms with Gasteiger partial charge in [-0.2, -0.15) is 0 Å². The van der Waals surface area contributed by atoms with Gasteiger partial charge in [0.1, 0.15) is 0 Å². The molecule has 0 aliphatic carbocycles. The standard InChI is InChI=1S/C24H29N3O2S3.ClH/c1-30-20-9-10-21-22(18-20)32-24(25-21)27(12-11-26-13-15-29-16-14-26)23(28)8-5-17-31-19-6-3-2-4-7-19;/h2-4,6-7,9-10,18H,5,8,11-17H2,1H3;1H. The van der Waals surface area contributed by atoms with Crippen LogP contribution in [0.5, 0.6) is 0 Å². The third-order valence-corrected chi connectivity index (χ3v) is 8.27. The Bertz CT molecular complexity index is 1010. The minimum absolute atomic E-state index is 0. The van der Waals surface area contributed by atoms with Crippen molar-refractivity contribution >= 4 is 68.5 Å². The van der Waals surface area contributed by atoms with Crippen molar-refractivity contribution in [3.8, 4) is 0 Å². The first-order valence-corrected chi connectivity index (χ1v) is 14.0. The Balaban J connectivity index is 0.00000306. The third-order valence-electron chi connectivity index (χ3n) is 5.41. The summed E-state index contributed by atoms with van der Waals surface area (Å²) in [5, 5.41) is 0.812. The van der Waals surface area contributed by atoms with Gasteiger partial charge in [0.15, 0.2) is 5.13 Å². The number of rotatable bonds is 10. The molecule has 1 aliphatic heterocycles. The first kappa shape index (κ1) is 26.3. The van der Waals surface area contributed by atoms with Gasteiger partial charge in [0, 0.05) is 42.4 Å². The minimum atomic E-state index is 0. The van der Waals surface area contributed by atoms with Gasteiger partial charge in [-0.05, 0) is 48.8 Å². The van der Waals surface area contributed by atoms with E-state index in [0.717, 1.165) is 60.4 Å². The van der Waals surface area contributed by atoms with Gasteiger partial charge in [-0.3, -0.25) is 14.6 Å². The lowest BCUT2D eigenvalue weighted by atomic mass is 10.3. The fraction of sp³-hybridized carbons (Fsp3) is 0.417. The van der Waals surface area contributed by atoms with E-state index in [2.05, 4.69) is 53.6 Å². The second kappa shape index (κ2) is 13.6. The summed E-state index contributed by atoms with van der Waals surface area (Å²) < 4.78 is 6.60. The number of nitrogens with zero attached hydrogens (tertiary/aromatic N) is 3. The molecular formula is C24H30ClN3O2S3. The van der Waals surface area contributed by atoms with Crippen molar-refractivity contribution in [2.45, 2.75) is 22.6 Å². The lowest BCUT2D eigenvalue weighted by molar-refractivity contribution is -0.118. The molecule has 0 N–H and O–H groups in total. The van der Waals surface area contributed by atoms with Crippen molar-refractivity contribution in [2.24, 2.45) is 0 Å². The molecule has 2 aromatic carbocycles. The molecule has 0 atom stereocenters. The van der Waals surface area contributed by atoms with Crippen LogP contribution >= 0.6 is 47.3 Å². The van der Waals surface area contributed by atoms with Crippen LogP contribution in [-0.2, 0) is 9.53 Å². The largest absolute Gasteiger partial charge is 0.379 e. The number of carbonyl (C=O) groups excluding carboxylic acids is 1. The van der Waals surface area contributed by atoms with E-state index in [1.54, 1.807) is 34.9 Å². The molecule has 4 rings (SSSR count). The molecule has 2 heterocycles. The van der Waals surface area contributed by atoms with Crippen LogP contribution in [0.15, 0.2) is 58.3 Å². The van der Waals surface area contributed by atoms with Gasteiger partial charge in [-0.1, -0.05) is 29.5 Å². The summed E-state index contributed by atoms with van der Waals surface area (Å²) in [6, 6.07) is 16.7. The second-order valence-corrected chi connectivity index (χ2v) is 10.7. The summed E-state index contributed by atoms with van der Waals surface area (Å²) in [4.78, 5) is 24.8. The van der Waals surface area contributed by atoms with E-state index in [-0.39, 0.29) is 18.3 Å². The number of morpholine rings is 1. The lowest BCUT2D eigenvalue weighted by Gasteiger charge is -2.29. The lowest BCUT2D eigenvalue weighted by Crippen LogP contribution is -2.43. The van der Waals surface area contributed by atoms with Crippen LogP contribution in [0.1, 0.15) is 12.8 Å². The summed E-state index contributed by atoms with van der Waals surface area (Å²) in [6.45, 7) is 4.89. The van der Waals surface area contributed by atoms with Crippen LogP contribution in [0.25, 0.3) is 10.2 Å². The molecule has 5 nitrogen and oxygen atoms in total. The number of thioether (sulfide) groups is 2. The highest BCUT2D eigenvalue weighted by atomic mass is 35.5. The number of benzene rings is 2. The zero-order valence-electron chi connectivity index (χ0n) is 18.8. The predicted octanol–water partition coefficient (Wildman–Crippen LogP) is 5.68. The van der Waals surface area contributed by atoms with E-state index < -0.39 is 0 Å². The Morgan fingerprint density at radius 1 is 1.15 bits per heavy atom. The molecule has 0 radical (unpaired) electrons. The summed E-state index contributed by atoms with van der Waals surface area (Å²) >= 11 is 5.15. The maximum Gasteiger partial charge on any atom is 0.228 e. The van der Waals surface area contributed by atoms with Crippen molar-refractivity contribution in [3.05, 3.63) is 48.5 Å². The number of ether oxygens (including phenoxy) is 1. The number of hydrogen-bond acceptors (Lipinski definition) is 7. The quantitative estimate of drug-likeness (QED) is 0.252. The van der Waals surface area contributed by atoms with E-state index >= 15 is 0 Å². The van der Waals surface area contributed by atoms with E-state index in [0.29, 0.717) is 13.0 Å². The molecule has 1 aliphatic rings. The first-order chi connectivity index (χ1) is 15.7. The highest BCUT2D eigenvalue weighted by Gasteiger charge is 2.21. The van der Waals surface area contributed by atoms with Crippen LogP contribution in [0.2, 0.25) is 0 Å². The van der Waals surface area contributed by atoms with Gasteiger partial charge >= 0.3 is 0 Å². The Hall–Kier alpha value is -1.29. The monoisotopic (exact) mass is 523 g/mol. The first-order valence-electron chi connectivity index (χ1n) is 11.0. The molecule has 1 saturated heterocycles. The Kier molecular flexibility index (Phi) is 10.8. The van der Waals surface area contributed by atoms with Gasteiger partial charge in [0.05, 0.1) is 23.4 Å². The molecule has 9 heteroatoms. The van der Waals surface area contributed by atoms with Gasteiger partial charge in [-0.15, -0.1) is 35.9 Å². The maximum absolute atomic E-state index is 13.3.